The smallest absolute Gasteiger partial charge is 0.204 e. The molecule has 4 rings (SSSR count). The summed E-state index contributed by atoms with van der Waals surface area (Å²) < 4.78 is 7.51. The minimum Gasteiger partial charge on any atom is -0.497 e. The molecule has 1 aliphatic rings. The molecular formula is C21H26N4O. The van der Waals surface area contributed by atoms with Gasteiger partial charge in [0, 0.05) is 12.1 Å². The van der Waals surface area contributed by atoms with E-state index in [9.17, 15) is 0 Å². The van der Waals surface area contributed by atoms with Crippen LogP contribution in [0.1, 0.15) is 31.2 Å². The molecule has 0 spiro atoms. The third-order valence-electron chi connectivity index (χ3n) is 5.29. The Morgan fingerprint density at radius 3 is 2.65 bits per heavy atom. The highest BCUT2D eigenvalue weighted by atomic mass is 16.5. The number of nitrogens with two attached hydrogens (primary N) is 1. The van der Waals surface area contributed by atoms with Crippen LogP contribution in [-0.2, 0) is 6.54 Å². The van der Waals surface area contributed by atoms with Crippen LogP contribution in [0.5, 0.6) is 5.75 Å². The van der Waals surface area contributed by atoms with Crippen molar-refractivity contribution < 1.29 is 4.74 Å². The molecule has 2 aromatic carbocycles. The molecule has 0 unspecified atom stereocenters. The lowest BCUT2D eigenvalue weighted by Gasteiger charge is -2.29. The highest BCUT2D eigenvalue weighted by molar-refractivity contribution is 5.78. The first-order chi connectivity index (χ1) is 12.7. The summed E-state index contributed by atoms with van der Waals surface area (Å²) in [6, 6.07) is 17.0. The first-order valence-corrected chi connectivity index (χ1v) is 9.35. The standard InChI is InChI=1S/C21H26N4O/c1-26-16-12-10-15(11-13-16)14-25-20-9-5-4-8-19(20)24-21(25)23-18-7-3-2-6-17(18)22/h4-5,8-13,17-18H,2-3,6-7,14,22H2,1H3,(H,23,24)/t17-,18+/m1/s1. The molecule has 2 atom stereocenters. The van der Waals surface area contributed by atoms with Crippen molar-refractivity contribution in [2.45, 2.75) is 44.3 Å². The van der Waals surface area contributed by atoms with Gasteiger partial charge in [0.25, 0.3) is 0 Å². The maximum absolute atomic E-state index is 6.34. The molecule has 1 aliphatic carbocycles. The van der Waals surface area contributed by atoms with E-state index >= 15 is 0 Å². The average molecular weight is 350 g/mol. The molecule has 136 valence electrons. The number of nitrogens with zero attached hydrogens (tertiary/aromatic N) is 2. The van der Waals surface area contributed by atoms with Gasteiger partial charge in [0.2, 0.25) is 5.95 Å². The number of imidazole rings is 1. The number of para-hydroxylation sites is 2. The lowest BCUT2D eigenvalue weighted by Crippen LogP contribution is -2.43. The van der Waals surface area contributed by atoms with E-state index < -0.39 is 0 Å². The topological polar surface area (TPSA) is 65.1 Å². The number of hydrogen-bond donors (Lipinski definition) is 2. The van der Waals surface area contributed by atoms with Crippen LogP contribution in [0.3, 0.4) is 0 Å². The summed E-state index contributed by atoms with van der Waals surface area (Å²) in [6.45, 7) is 0.759. The number of hydrogen-bond acceptors (Lipinski definition) is 4. The van der Waals surface area contributed by atoms with Gasteiger partial charge >= 0.3 is 0 Å². The molecule has 0 saturated heterocycles. The Morgan fingerprint density at radius 1 is 1.12 bits per heavy atom. The van der Waals surface area contributed by atoms with Crippen molar-refractivity contribution in [2.75, 3.05) is 12.4 Å². The van der Waals surface area contributed by atoms with Crippen molar-refractivity contribution >= 4 is 17.0 Å². The Balaban J connectivity index is 1.66. The van der Waals surface area contributed by atoms with Crippen LogP contribution in [0.4, 0.5) is 5.95 Å². The van der Waals surface area contributed by atoms with E-state index in [1.54, 1.807) is 7.11 Å². The summed E-state index contributed by atoms with van der Waals surface area (Å²) >= 11 is 0. The van der Waals surface area contributed by atoms with Crippen LogP contribution in [0.25, 0.3) is 11.0 Å². The van der Waals surface area contributed by atoms with E-state index in [-0.39, 0.29) is 12.1 Å². The summed E-state index contributed by atoms with van der Waals surface area (Å²) in [5, 5.41) is 3.63. The van der Waals surface area contributed by atoms with Gasteiger partial charge in [0.15, 0.2) is 0 Å². The molecule has 26 heavy (non-hydrogen) atoms. The fraction of sp³-hybridized carbons (Fsp3) is 0.381. The SMILES string of the molecule is COc1ccc(Cn2c(N[C@H]3CCCC[C@H]3N)nc3ccccc32)cc1. The van der Waals surface area contributed by atoms with Crippen molar-refractivity contribution in [2.24, 2.45) is 5.73 Å². The maximum atomic E-state index is 6.34. The van der Waals surface area contributed by atoms with E-state index in [2.05, 4.69) is 40.2 Å². The summed E-state index contributed by atoms with van der Waals surface area (Å²) in [7, 11) is 1.69. The molecule has 1 heterocycles. The minimum atomic E-state index is 0.193. The van der Waals surface area contributed by atoms with Crippen LogP contribution < -0.4 is 15.8 Å². The van der Waals surface area contributed by atoms with Crippen LogP contribution in [0.2, 0.25) is 0 Å². The van der Waals surface area contributed by atoms with Crippen molar-refractivity contribution in [3.05, 3.63) is 54.1 Å². The average Bonchev–Trinajstić information content (AvgIpc) is 3.01. The molecule has 0 amide bonds. The third kappa shape index (κ3) is 3.40. The first kappa shape index (κ1) is 16.9. The monoisotopic (exact) mass is 350 g/mol. The highest BCUT2D eigenvalue weighted by Gasteiger charge is 2.23. The molecule has 1 aromatic heterocycles. The van der Waals surface area contributed by atoms with E-state index in [1.807, 2.05) is 18.2 Å². The van der Waals surface area contributed by atoms with Gasteiger partial charge in [-0.15, -0.1) is 0 Å². The van der Waals surface area contributed by atoms with Crippen molar-refractivity contribution in [3.63, 3.8) is 0 Å². The third-order valence-corrected chi connectivity index (χ3v) is 5.29. The Kier molecular flexibility index (Phi) is 4.80. The van der Waals surface area contributed by atoms with E-state index in [0.717, 1.165) is 42.1 Å². The molecule has 0 radical (unpaired) electrons. The first-order valence-electron chi connectivity index (χ1n) is 9.35. The molecular weight excluding hydrogens is 324 g/mol. The number of aromatic nitrogens is 2. The van der Waals surface area contributed by atoms with Gasteiger partial charge in [-0.25, -0.2) is 4.98 Å². The van der Waals surface area contributed by atoms with E-state index in [4.69, 9.17) is 15.5 Å². The quantitative estimate of drug-likeness (QED) is 0.735. The molecule has 0 bridgehead atoms. The predicted octanol–water partition coefficient (Wildman–Crippen LogP) is 3.78. The van der Waals surface area contributed by atoms with Crippen molar-refractivity contribution in [1.82, 2.24) is 9.55 Å². The normalized spacial score (nSPS) is 20.2. The summed E-state index contributed by atoms with van der Waals surface area (Å²) in [6.07, 6.45) is 4.63. The zero-order valence-corrected chi connectivity index (χ0v) is 15.2. The number of ether oxygens (including phenoxy) is 1. The Bertz CT molecular complexity index is 871. The largest absolute Gasteiger partial charge is 0.497 e. The van der Waals surface area contributed by atoms with Gasteiger partial charge in [-0.2, -0.15) is 0 Å². The number of methoxy groups -OCH3 is 1. The molecule has 1 fully saturated rings. The fourth-order valence-electron chi connectivity index (χ4n) is 3.76. The van der Waals surface area contributed by atoms with Gasteiger partial charge in [-0.1, -0.05) is 37.1 Å². The fourth-order valence-corrected chi connectivity index (χ4v) is 3.76. The van der Waals surface area contributed by atoms with Gasteiger partial charge < -0.3 is 20.4 Å². The Hall–Kier alpha value is -2.53. The molecule has 3 N–H and O–H groups in total. The summed E-state index contributed by atoms with van der Waals surface area (Å²) in [5.74, 6) is 1.78. The Labute approximate surface area is 154 Å². The minimum absolute atomic E-state index is 0.193. The number of anilines is 1. The van der Waals surface area contributed by atoms with E-state index in [0.29, 0.717) is 0 Å². The van der Waals surface area contributed by atoms with Crippen LogP contribution in [0.15, 0.2) is 48.5 Å². The van der Waals surface area contributed by atoms with Crippen LogP contribution >= 0.6 is 0 Å². The molecule has 5 nitrogen and oxygen atoms in total. The van der Waals surface area contributed by atoms with Gasteiger partial charge in [0.05, 0.1) is 24.7 Å². The Morgan fingerprint density at radius 2 is 1.88 bits per heavy atom. The number of benzene rings is 2. The highest BCUT2D eigenvalue weighted by Crippen LogP contribution is 2.25. The molecule has 0 aliphatic heterocycles. The second kappa shape index (κ2) is 7.38. The van der Waals surface area contributed by atoms with Crippen molar-refractivity contribution in [3.8, 4) is 5.75 Å². The van der Waals surface area contributed by atoms with Crippen LogP contribution in [0, 0.1) is 0 Å². The zero-order chi connectivity index (χ0) is 17.9. The van der Waals surface area contributed by atoms with Gasteiger partial charge in [0.1, 0.15) is 5.75 Å². The number of rotatable bonds is 5. The zero-order valence-electron chi connectivity index (χ0n) is 15.2. The second-order valence-corrected chi connectivity index (χ2v) is 7.06. The lowest BCUT2D eigenvalue weighted by molar-refractivity contribution is 0.401. The number of fused-ring (bicyclic) bond motifs is 1. The molecule has 5 heteroatoms. The van der Waals surface area contributed by atoms with E-state index in [1.165, 1.54) is 18.4 Å². The summed E-state index contributed by atoms with van der Waals surface area (Å²) in [4.78, 5) is 4.84. The maximum Gasteiger partial charge on any atom is 0.204 e. The van der Waals surface area contributed by atoms with Gasteiger partial charge in [-0.05, 0) is 42.7 Å². The summed E-state index contributed by atoms with van der Waals surface area (Å²) in [5.41, 5.74) is 9.70. The molecule has 3 aromatic rings. The van der Waals surface area contributed by atoms with Crippen molar-refractivity contribution in [1.29, 1.82) is 0 Å². The number of nitrogens with one attached hydrogen (secondary N) is 1. The van der Waals surface area contributed by atoms with Gasteiger partial charge in [-0.3, -0.25) is 0 Å². The van der Waals surface area contributed by atoms with Crippen LogP contribution in [-0.4, -0.2) is 28.7 Å². The molecule has 1 saturated carbocycles. The lowest BCUT2D eigenvalue weighted by atomic mass is 9.91. The predicted molar refractivity (Wildman–Crippen MR) is 106 cm³/mol. The second-order valence-electron chi connectivity index (χ2n) is 7.06.